The number of nitrogens with one attached hydrogen (secondary N) is 1. The highest BCUT2D eigenvalue weighted by Gasteiger charge is 2.35. The van der Waals surface area contributed by atoms with Crippen molar-refractivity contribution in [3.05, 3.63) is 36.9 Å². The summed E-state index contributed by atoms with van der Waals surface area (Å²) in [6, 6.07) is 3.43. The molecule has 0 radical (unpaired) electrons. The van der Waals surface area contributed by atoms with E-state index in [0.717, 1.165) is 5.69 Å². The second kappa shape index (κ2) is 5.35. The zero-order chi connectivity index (χ0) is 14.8. The molecule has 1 atom stereocenters. The lowest BCUT2D eigenvalue weighted by molar-refractivity contribution is -0.122. The van der Waals surface area contributed by atoms with Gasteiger partial charge in [-0.15, -0.1) is 0 Å². The van der Waals surface area contributed by atoms with Crippen LogP contribution in [0.15, 0.2) is 36.9 Å². The van der Waals surface area contributed by atoms with Crippen molar-refractivity contribution >= 4 is 23.2 Å². The molecular formula is C14H15N5O2. The molecule has 0 spiro atoms. The third-order valence-corrected chi connectivity index (χ3v) is 3.45. The van der Waals surface area contributed by atoms with Gasteiger partial charge in [-0.05, 0) is 12.1 Å². The molecule has 3 heterocycles. The van der Waals surface area contributed by atoms with E-state index in [9.17, 15) is 9.59 Å². The van der Waals surface area contributed by atoms with Crippen molar-refractivity contribution in [2.75, 3.05) is 16.8 Å². The molecule has 0 saturated carbocycles. The van der Waals surface area contributed by atoms with Crippen molar-refractivity contribution < 1.29 is 9.59 Å². The van der Waals surface area contributed by atoms with E-state index in [0.29, 0.717) is 12.2 Å². The molecule has 108 valence electrons. The van der Waals surface area contributed by atoms with E-state index in [-0.39, 0.29) is 24.2 Å². The number of hydrogen-bond donors (Lipinski definition) is 1. The lowest BCUT2D eigenvalue weighted by Gasteiger charge is -2.14. The van der Waals surface area contributed by atoms with Crippen LogP contribution in [-0.4, -0.2) is 33.1 Å². The molecule has 2 aromatic heterocycles. The Morgan fingerprint density at radius 3 is 2.81 bits per heavy atom. The number of rotatable bonds is 3. The Kier molecular flexibility index (Phi) is 3.39. The van der Waals surface area contributed by atoms with Gasteiger partial charge in [0.1, 0.15) is 0 Å². The van der Waals surface area contributed by atoms with E-state index in [1.165, 1.54) is 0 Å². The van der Waals surface area contributed by atoms with Crippen LogP contribution in [0.3, 0.4) is 0 Å². The van der Waals surface area contributed by atoms with Gasteiger partial charge in [-0.1, -0.05) is 0 Å². The molecule has 1 fully saturated rings. The van der Waals surface area contributed by atoms with Crippen molar-refractivity contribution in [2.24, 2.45) is 13.0 Å². The maximum Gasteiger partial charge on any atom is 0.229 e. The van der Waals surface area contributed by atoms with Gasteiger partial charge < -0.3 is 10.2 Å². The summed E-state index contributed by atoms with van der Waals surface area (Å²) >= 11 is 0. The first-order valence-electron chi connectivity index (χ1n) is 6.63. The van der Waals surface area contributed by atoms with Crippen LogP contribution < -0.4 is 10.2 Å². The Labute approximate surface area is 121 Å². The van der Waals surface area contributed by atoms with E-state index < -0.39 is 0 Å². The van der Waals surface area contributed by atoms with Crippen molar-refractivity contribution in [1.29, 1.82) is 0 Å². The van der Waals surface area contributed by atoms with Crippen molar-refractivity contribution in [1.82, 2.24) is 14.8 Å². The fourth-order valence-corrected chi connectivity index (χ4v) is 2.36. The molecule has 7 nitrogen and oxygen atoms in total. The SMILES string of the molecule is Cn1cc(N2C[C@@H](C(=O)Nc3ccncc3)CC2=O)cn1. The molecule has 1 aliphatic heterocycles. The quantitative estimate of drug-likeness (QED) is 0.905. The minimum atomic E-state index is -0.356. The van der Waals surface area contributed by atoms with Gasteiger partial charge >= 0.3 is 0 Å². The number of carbonyl (C=O) groups excluding carboxylic acids is 2. The predicted octanol–water partition coefficient (Wildman–Crippen LogP) is 0.807. The van der Waals surface area contributed by atoms with Gasteiger partial charge in [0, 0.05) is 44.3 Å². The summed E-state index contributed by atoms with van der Waals surface area (Å²) < 4.78 is 1.63. The van der Waals surface area contributed by atoms with Gasteiger partial charge in [0.2, 0.25) is 11.8 Å². The monoisotopic (exact) mass is 285 g/mol. The third kappa shape index (κ3) is 2.76. The Bertz CT molecular complexity index is 667. The second-order valence-electron chi connectivity index (χ2n) is 5.00. The smallest absolute Gasteiger partial charge is 0.229 e. The van der Waals surface area contributed by atoms with E-state index in [4.69, 9.17) is 0 Å². The Morgan fingerprint density at radius 1 is 1.38 bits per heavy atom. The normalized spacial score (nSPS) is 18.0. The molecule has 0 aliphatic carbocycles. The van der Waals surface area contributed by atoms with Crippen LogP contribution in [0, 0.1) is 5.92 Å². The van der Waals surface area contributed by atoms with Crippen LogP contribution in [0.4, 0.5) is 11.4 Å². The van der Waals surface area contributed by atoms with Crippen molar-refractivity contribution in [3.63, 3.8) is 0 Å². The summed E-state index contributed by atoms with van der Waals surface area (Å²) in [5.41, 5.74) is 1.41. The number of aromatic nitrogens is 3. The Balaban J connectivity index is 1.68. The molecule has 0 bridgehead atoms. The minimum absolute atomic E-state index is 0.0575. The zero-order valence-electron chi connectivity index (χ0n) is 11.6. The van der Waals surface area contributed by atoms with Gasteiger partial charge in [-0.2, -0.15) is 5.10 Å². The molecule has 0 unspecified atom stereocenters. The molecule has 7 heteroatoms. The van der Waals surface area contributed by atoms with Crippen LogP contribution >= 0.6 is 0 Å². The van der Waals surface area contributed by atoms with Gasteiger partial charge in [0.25, 0.3) is 0 Å². The molecule has 21 heavy (non-hydrogen) atoms. The number of nitrogens with zero attached hydrogens (tertiary/aromatic N) is 4. The summed E-state index contributed by atoms with van der Waals surface area (Å²) in [5, 5.41) is 6.85. The highest BCUT2D eigenvalue weighted by molar-refractivity contribution is 6.03. The van der Waals surface area contributed by atoms with Gasteiger partial charge in [0.05, 0.1) is 17.8 Å². The fourth-order valence-electron chi connectivity index (χ4n) is 2.36. The molecular weight excluding hydrogens is 270 g/mol. The van der Waals surface area contributed by atoms with Crippen molar-refractivity contribution in [2.45, 2.75) is 6.42 Å². The third-order valence-electron chi connectivity index (χ3n) is 3.45. The molecule has 3 rings (SSSR count). The minimum Gasteiger partial charge on any atom is -0.326 e. The highest BCUT2D eigenvalue weighted by Crippen LogP contribution is 2.25. The van der Waals surface area contributed by atoms with Crippen LogP contribution in [0.5, 0.6) is 0 Å². The van der Waals surface area contributed by atoms with Gasteiger partial charge in [-0.25, -0.2) is 0 Å². The van der Waals surface area contributed by atoms with Crippen LogP contribution in [-0.2, 0) is 16.6 Å². The summed E-state index contributed by atoms with van der Waals surface area (Å²) in [6.45, 7) is 0.376. The van der Waals surface area contributed by atoms with Crippen molar-refractivity contribution in [3.8, 4) is 0 Å². The summed E-state index contributed by atoms with van der Waals surface area (Å²) in [6.07, 6.45) is 6.82. The number of carbonyl (C=O) groups is 2. The van der Waals surface area contributed by atoms with Crippen LogP contribution in [0.1, 0.15) is 6.42 Å². The first kappa shape index (κ1) is 13.3. The van der Waals surface area contributed by atoms with E-state index >= 15 is 0 Å². The average molecular weight is 285 g/mol. The second-order valence-corrected chi connectivity index (χ2v) is 5.00. The summed E-state index contributed by atoms with van der Waals surface area (Å²) in [4.78, 5) is 29.8. The van der Waals surface area contributed by atoms with E-state index in [2.05, 4.69) is 15.4 Å². The molecule has 1 aliphatic rings. The lowest BCUT2D eigenvalue weighted by atomic mass is 10.1. The number of hydrogen-bond acceptors (Lipinski definition) is 4. The van der Waals surface area contributed by atoms with Gasteiger partial charge in [-0.3, -0.25) is 19.3 Å². The van der Waals surface area contributed by atoms with E-state index in [1.54, 1.807) is 53.5 Å². The Hall–Kier alpha value is -2.70. The molecule has 2 aromatic rings. The first-order valence-corrected chi connectivity index (χ1v) is 6.63. The average Bonchev–Trinajstić information content (AvgIpc) is 3.06. The van der Waals surface area contributed by atoms with Crippen LogP contribution in [0.2, 0.25) is 0 Å². The predicted molar refractivity (Wildman–Crippen MR) is 76.5 cm³/mol. The zero-order valence-corrected chi connectivity index (χ0v) is 11.6. The lowest BCUT2D eigenvalue weighted by Crippen LogP contribution is -2.27. The summed E-state index contributed by atoms with van der Waals surface area (Å²) in [5.74, 6) is -0.565. The highest BCUT2D eigenvalue weighted by atomic mass is 16.2. The molecule has 1 saturated heterocycles. The Morgan fingerprint density at radius 2 is 2.14 bits per heavy atom. The maximum absolute atomic E-state index is 12.2. The van der Waals surface area contributed by atoms with E-state index in [1.807, 2.05) is 0 Å². The fraction of sp³-hybridized carbons (Fsp3) is 0.286. The number of aryl methyl sites for hydroxylation is 1. The standard InChI is InChI=1S/C14H15N5O2/c1-18-9-12(7-16-18)19-8-10(6-13(19)20)14(21)17-11-2-4-15-5-3-11/h2-5,7,9-10H,6,8H2,1H3,(H,15,17,21)/t10-/m0/s1. The summed E-state index contributed by atoms with van der Waals surface area (Å²) in [7, 11) is 1.79. The maximum atomic E-state index is 12.2. The number of amides is 2. The van der Waals surface area contributed by atoms with Crippen LogP contribution in [0.25, 0.3) is 0 Å². The number of pyridine rings is 1. The molecule has 2 amide bonds. The largest absolute Gasteiger partial charge is 0.326 e. The first-order chi connectivity index (χ1) is 10.1. The molecule has 1 N–H and O–H groups in total. The van der Waals surface area contributed by atoms with Gasteiger partial charge in [0.15, 0.2) is 0 Å². The number of anilines is 2. The molecule has 0 aromatic carbocycles. The topological polar surface area (TPSA) is 80.1 Å².